The molecule has 0 aliphatic heterocycles. The van der Waals surface area contributed by atoms with Crippen molar-refractivity contribution in [2.24, 2.45) is 7.05 Å². The van der Waals surface area contributed by atoms with Gasteiger partial charge in [0.05, 0.1) is 22.3 Å². The molecule has 3 rings (SSSR count). The highest BCUT2D eigenvalue weighted by Crippen LogP contribution is 2.23. The van der Waals surface area contributed by atoms with Crippen LogP contribution in [0, 0.1) is 22.9 Å². The molecule has 1 atom stereocenters. The summed E-state index contributed by atoms with van der Waals surface area (Å²) < 4.78 is 15.4. The predicted octanol–water partition coefficient (Wildman–Crippen LogP) is 3.39. The number of rotatable bonds is 8. The van der Waals surface area contributed by atoms with Crippen molar-refractivity contribution in [3.63, 3.8) is 0 Å². The minimum absolute atomic E-state index is 0.0103. The number of hydrogen-bond acceptors (Lipinski definition) is 7. The smallest absolute Gasteiger partial charge is 0.274 e. The average Bonchev–Trinajstić information content (AvgIpc) is 3.14. The molecule has 0 unspecified atom stereocenters. The summed E-state index contributed by atoms with van der Waals surface area (Å²) in [6, 6.07) is 9.55. The number of aromatic nitrogens is 3. The summed E-state index contributed by atoms with van der Waals surface area (Å²) in [4.78, 5) is 35.2. The number of nitrogens with one attached hydrogen (secondary N) is 2. The third-order valence-electron chi connectivity index (χ3n) is 4.74. The van der Waals surface area contributed by atoms with Crippen molar-refractivity contribution < 1.29 is 18.9 Å². The zero-order chi connectivity index (χ0) is 24.1. The third-order valence-corrected chi connectivity index (χ3v) is 5.76. The second-order valence-electron chi connectivity index (χ2n) is 7.17. The predicted molar refractivity (Wildman–Crippen MR) is 120 cm³/mol. The Morgan fingerprint density at radius 2 is 1.97 bits per heavy atom. The normalized spacial score (nSPS) is 11.6. The monoisotopic (exact) mass is 472 g/mol. The van der Waals surface area contributed by atoms with Crippen LogP contribution in [0.2, 0.25) is 0 Å². The molecule has 172 valence electrons. The summed E-state index contributed by atoms with van der Waals surface area (Å²) in [6.07, 6.45) is 0. The minimum Gasteiger partial charge on any atom is -0.342 e. The maximum absolute atomic E-state index is 13.8. The van der Waals surface area contributed by atoms with Crippen LogP contribution in [0.4, 0.5) is 15.8 Å². The summed E-state index contributed by atoms with van der Waals surface area (Å²) in [5.74, 6) is -1.16. The van der Waals surface area contributed by atoms with Crippen LogP contribution in [0.15, 0.2) is 47.6 Å². The molecule has 0 saturated carbocycles. The molecule has 0 aliphatic rings. The van der Waals surface area contributed by atoms with Gasteiger partial charge < -0.3 is 15.2 Å². The van der Waals surface area contributed by atoms with Crippen molar-refractivity contribution in [3.05, 3.63) is 75.3 Å². The van der Waals surface area contributed by atoms with Crippen molar-refractivity contribution in [3.8, 4) is 0 Å². The Bertz CT molecular complexity index is 1220. The summed E-state index contributed by atoms with van der Waals surface area (Å²) in [7, 11) is 1.69. The number of nitro groups is 1. The van der Waals surface area contributed by atoms with Crippen molar-refractivity contribution >= 4 is 35.0 Å². The Hall–Kier alpha value is -3.80. The number of hydrogen-bond donors (Lipinski definition) is 2. The number of benzene rings is 2. The van der Waals surface area contributed by atoms with E-state index in [-0.39, 0.29) is 22.9 Å². The fourth-order valence-electron chi connectivity index (χ4n) is 3.02. The SMILES string of the molecule is Cc1ccc(NC(=O)CSc2nnc([C@H](C)NC(=O)c3ccccc3F)n2C)cc1[N+](=O)[O-]. The van der Waals surface area contributed by atoms with E-state index in [1.54, 1.807) is 43.7 Å². The van der Waals surface area contributed by atoms with Gasteiger partial charge in [-0.25, -0.2) is 4.39 Å². The van der Waals surface area contributed by atoms with Gasteiger partial charge in [-0.3, -0.25) is 19.7 Å². The number of thioether (sulfide) groups is 1. The molecular weight excluding hydrogens is 451 g/mol. The lowest BCUT2D eigenvalue weighted by Gasteiger charge is -2.14. The van der Waals surface area contributed by atoms with E-state index in [0.29, 0.717) is 22.2 Å². The zero-order valence-corrected chi connectivity index (χ0v) is 18.9. The molecular formula is C21H21FN6O4S. The summed E-state index contributed by atoms with van der Waals surface area (Å²) in [5.41, 5.74) is 0.662. The Labute approximate surface area is 192 Å². The van der Waals surface area contributed by atoms with Crippen molar-refractivity contribution in [2.45, 2.75) is 25.0 Å². The first-order valence-corrected chi connectivity index (χ1v) is 10.8. The van der Waals surface area contributed by atoms with Crippen LogP contribution >= 0.6 is 11.8 Å². The fourth-order valence-corrected chi connectivity index (χ4v) is 3.74. The number of anilines is 1. The van der Waals surface area contributed by atoms with Crippen LogP contribution in [0.25, 0.3) is 0 Å². The Morgan fingerprint density at radius 3 is 2.67 bits per heavy atom. The molecule has 12 heteroatoms. The first kappa shape index (κ1) is 23.9. The van der Waals surface area contributed by atoms with Gasteiger partial charge in [-0.1, -0.05) is 30.0 Å². The van der Waals surface area contributed by atoms with Crippen LogP contribution in [-0.2, 0) is 11.8 Å². The molecule has 0 aliphatic carbocycles. The Morgan fingerprint density at radius 1 is 1.24 bits per heavy atom. The lowest BCUT2D eigenvalue weighted by Crippen LogP contribution is -2.29. The summed E-state index contributed by atoms with van der Waals surface area (Å²) in [6.45, 7) is 3.30. The van der Waals surface area contributed by atoms with Crippen LogP contribution in [0.1, 0.15) is 34.7 Å². The van der Waals surface area contributed by atoms with E-state index in [9.17, 15) is 24.1 Å². The number of amides is 2. The maximum Gasteiger partial charge on any atom is 0.274 e. The Balaban J connectivity index is 1.60. The minimum atomic E-state index is -0.624. The van der Waals surface area contributed by atoms with Gasteiger partial charge in [-0.2, -0.15) is 0 Å². The van der Waals surface area contributed by atoms with E-state index < -0.39 is 22.7 Å². The first-order valence-electron chi connectivity index (χ1n) is 9.79. The summed E-state index contributed by atoms with van der Waals surface area (Å²) >= 11 is 1.11. The second kappa shape index (κ2) is 10.2. The summed E-state index contributed by atoms with van der Waals surface area (Å²) in [5, 5.41) is 24.9. The Kier molecular flexibility index (Phi) is 7.38. The van der Waals surface area contributed by atoms with Crippen LogP contribution < -0.4 is 10.6 Å². The van der Waals surface area contributed by atoms with Crippen LogP contribution in [-0.4, -0.2) is 37.3 Å². The standard InChI is InChI=1S/C21H21FN6O4S/c1-12-8-9-14(10-17(12)28(31)32)24-18(29)11-33-21-26-25-19(27(21)3)13(2)23-20(30)15-6-4-5-7-16(15)22/h4-10,13H,11H2,1-3H3,(H,23,30)(H,24,29)/t13-/m0/s1. The quantitative estimate of drug-likeness (QED) is 0.292. The first-order chi connectivity index (χ1) is 15.7. The van der Waals surface area contributed by atoms with Crippen molar-refractivity contribution in [1.29, 1.82) is 0 Å². The van der Waals surface area contributed by atoms with Gasteiger partial charge in [-0.15, -0.1) is 10.2 Å². The van der Waals surface area contributed by atoms with E-state index in [1.807, 2.05) is 0 Å². The van der Waals surface area contributed by atoms with E-state index in [0.717, 1.165) is 11.8 Å². The van der Waals surface area contributed by atoms with Gasteiger partial charge in [0.2, 0.25) is 5.91 Å². The molecule has 0 fully saturated rings. The molecule has 2 aromatic carbocycles. The van der Waals surface area contributed by atoms with Crippen molar-refractivity contribution in [1.82, 2.24) is 20.1 Å². The molecule has 0 radical (unpaired) electrons. The lowest BCUT2D eigenvalue weighted by atomic mass is 10.2. The number of carbonyl (C=O) groups is 2. The highest BCUT2D eigenvalue weighted by Gasteiger charge is 2.20. The van der Waals surface area contributed by atoms with Gasteiger partial charge in [0, 0.05) is 24.4 Å². The number of halogens is 1. The van der Waals surface area contributed by atoms with Gasteiger partial charge in [0.1, 0.15) is 5.82 Å². The largest absolute Gasteiger partial charge is 0.342 e. The van der Waals surface area contributed by atoms with Crippen LogP contribution in [0.3, 0.4) is 0 Å². The molecule has 2 amide bonds. The van der Waals surface area contributed by atoms with Crippen LogP contribution in [0.5, 0.6) is 0 Å². The van der Waals surface area contributed by atoms with E-state index in [1.165, 1.54) is 24.3 Å². The van der Waals surface area contributed by atoms with Gasteiger partial charge in [0.15, 0.2) is 11.0 Å². The number of aryl methyl sites for hydroxylation is 1. The molecule has 1 aromatic heterocycles. The molecule has 3 aromatic rings. The lowest BCUT2D eigenvalue weighted by molar-refractivity contribution is -0.385. The van der Waals surface area contributed by atoms with E-state index >= 15 is 0 Å². The molecule has 1 heterocycles. The second-order valence-corrected chi connectivity index (χ2v) is 8.11. The topological polar surface area (TPSA) is 132 Å². The average molecular weight is 473 g/mol. The number of nitrogens with zero attached hydrogens (tertiary/aromatic N) is 4. The molecule has 33 heavy (non-hydrogen) atoms. The molecule has 0 bridgehead atoms. The van der Waals surface area contributed by atoms with Crippen molar-refractivity contribution in [2.75, 3.05) is 11.1 Å². The molecule has 10 nitrogen and oxygen atoms in total. The highest BCUT2D eigenvalue weighted by molar-refractivity contribution is 7.99. The third kappa shape index (κ3) is 5.71. The zero-order valence-electron chi connectivity index (χ0n) is 18.0. The van der Waals surface area contributed by atoms with E-state index in [4.69, 9.17) is 0 Å². The van der Waals surface area contributed by atoms with Gasteiger partial charge >= 0.3 is 0 Å². The maximum atomic E-state index is 13.8. The molecule has 0 saturated heterocycles. The molecule has 0 spiro atoms. The van der Waals surface area contributed by atoms with Gasteiger partial charge in [-0.05, 0) is 32.0 Å². The van der Waals surface area contributed by atoms with Gasteiger partial charge in [0.25, 0.3) is 11.6 Å². The number of nitro benzene ring substituents is 1. The molecule has 2 N–H and O–H groups in total. The fraction of sp³-hybridized carbons (Fsp3) is 0.238. The number of carbonyl (C=O) groups excluding carboxylic acids is 2. The highest BCUT2D eigenvalue weighted by atomic mass is 32.2. The van der Waals surface area contributed by atoms with E-state index in [2.05, 4.69) is 20.8 Å².